The molecule has 0 aromatic heterocycles. The molecule has 0 atom stereocenters. The lowest BCUT2D eigenvalue weighted by Gasteiger charge is -2.30. The maximum atomic E-state index is 11.8. The molecule has 1 rings (SSSR count). The molecule has 19 heavy (non-hydrogen) atoms. The molecule has 1 aliphatic heterocycles. The second-order valence-electron chi connectivity index (χ2n) is 4.97. The fourth-order valence-electron chi connectivity index (χ4n) is 1.97. The average Bonchev–Trinajstić information content (AvgIpc) is 2.37. The molecule has 1 amide bonds. The third kappa shape index (κ3) is 6.02. The van der Waals surface area contributed by atoms with Gasteiger partial charge in [0, 0.05) is 13.1 Å². The van der Waals surface area contributed by atoms with Crippen molar-refractivity contribution < 1.29 is 24.2 Å². The fraction of sp³-hybridized carbons (Fsp3) is 0.846. The second-order valence-corrected chi connectivity index (χ2v) is 4.97. The van der Waals surface area contributed by atoms with Crippen LogP contribution in [0, 0.1) is 5.92 Å². The number of amides is 1. The quantitative estimate of drug-likeness (QED) is 0.693. The smallest absolute Gasteiger partial charge is 0.306 e. The molecule has 1 aliphatic rings. The highest BCUT2D eigenvalue weighted by Gasteiger charge is 2.26. The summed E-state index contributed by atoms with van der Waals surface area (Å²) in [5.74, 6) is -1.16. The summed E-state index contributed by atoms with van der Waals surface area (Å²) in [5.41, 5.74) is 0. The molecule has 1 fully saturated rings. The van der Waals surface area contributed by atoms with Crippen molar-refractivity contribution in [2.75, 3.05) is 32.9 Å². The van der Waals surface area contributed by atoms with Crippen LogP contribution >= 0.6 is 0 Å². The van der Waals surface area contributed by atoms with E-state index in [9.17, 15) is 9.59 Å². The van der Waals surface area contributed by atoms with Gasteiger partial charge in [0.25, 0.3) is 0 Å². The molecule has 0 unspecified atom stereocenters. The predicted octanol–water partition coefficient (Wildman–Crippen LogP) is 0.751. The first kappa shape index (κ1) is 15.9. The number of carbonyl (C=O) groups is 2. The minimum absolute atomic E-state index is 0.0409. The Morgan fingerprint density at radius 2 is 1.89 bits per heavy atom. The molecule has 0 aromatic carbocycles. The normalized spacial score (nSPS) is 16.9. The number of nitrogens with zero attached hydrogens (tertiary/aromatic N) is 1. The maximum absolute atomic E-state index is 11.8. The van der Waals surface area contributed by atoms with Crippen LogP contribution in [-0.2, 0) is 19.1 Å². The van der Waals surface area contributed by atoms with Crippen LogP contribution in [0.5, 0.6) is 0 Å². The number of aliphatic carboxylic acids is 1. The minimum Gasteiger partial charge on any atom is -0.481 e. The Labute approximate surface area is 113 Å². The van der Waals surface area contributed by atoms with Crippen molar-refractivity contribution in [2.24, 2.45) is 5.92 Å². The van der Waals surface area contributed by atoms with E-state index < -0.39 is 5.97 Å². The Morgan fingerprint density at radius 3 is 2.42 bits per heavy atom. The number of carboxylic acids is 1. The highest BCUT2D eigenvalue weighted by atomic mass is 16.5. The van der Waals surface area contributed by atoms with Crippen LogP contribution in [0.25, 0.3) is 0 Å². The van der Waals surface area contributed by atoms with Gasteiger partial charge in [-0.3, -0.25) is 9.59 Å². The molecule has 110 valence electrons. The van der Waals surface area contributed by atoms with Crippen molar-refractivity contribution >= 4 is 11.9 Å². The molecule has 1 heterocycles. The second kappa shape index (κ2) is 8.12. The summed E-state index contributed by atoms with van der Waals surface area (Å²) >= 11 is 0. The van der Waals surface area contributed by atoms with Gasteiger partial charge in [-0.2, -0.15) is 0 Å². The predicted molar refractivity (Wildman–Crippen MR) is 68.8 cm³/mol. The van der Waals surface area contributed by atoms with Crippen LogP contribution in [0.1, 0.15) is 26.7 Å². The van der Waals surface area contributed by atoms with Crippen molar-refractivity contribution in [1.82, 2.24) is 4.90 Å². The number of hydrogen-bond donors (Lipinski definition) is 1. The number of piperidine rings is 1. The van der Waals surface area contributed by atoms with Gasteiger partial charge in [0.05, 0.1) is 25.2 Å². The van der Waals surface area contributed by atoms with Crippen LogP contribution in [0.15, 0.2) is 0 Å². The molecular weight excluding hydrogens is 250 g/mol. The topological polar surface area (TPSA) is 76.1 Å². The summed E-state index contributed by atoms with van der Waals surface area (Å²) in [6.45, 7) is 5.81. The molecule has 0 spiro atoms. The van der Waals surface area contributed by atoms with E-state index in [4.69, 9.17) is 14.6 Å². The minimum atomic E-state index is -0.769. The van der Waals surface area contributed by atoms with E-state index in [0.717, 1.165) is 0 Å². The van der Waals surface area contributed by atoms with E-state index >= 15 is 0 Å². The van der Waals surface area contributed by atoms with Crippen LogP contribution in [0.4, 0.5) is 0 Å². The van der Waals surface area contributed by atoms with Crippen LogP contribution in [0.3, 0.4) is 0 Å². The van der Waals surface area contributed by atoms with Crippen molar-refractivity contribution in [3.63, 3.8) is 0 Å². The molecule has 6 nitrogen and oxygen atoms in total. The van der Waals surface area contributed by atoms with E-state index in [1.54, 1.807) is 4.90 Å². The Hall–Kier alpha value is -1.14. The van der Waals surface area contributed by atoms with Crippen LogP contribution < -0.4 is 0 Å². The lowest BCUT2D eigenvalue weighted by atomic mass is 9.97. The van der Waals surface area contributed by atoms with Crippen molar-refractivity contribution in [3.8, 4) is 0 Å². The number of carboxylic acid groups (broad SMARTS) is 1. The summed E-state index contributed by atoms with van der Waals surface area (Å²) in [6, 6.07) is 0. The molecule has 1 N–H and O–H groups in total. The zero-order valence-electron chi connectivity index (χ0n) is 11.6. The number of rotatable bonds is 7. The molecule has 1 saturated heterocycles. The van der Waals surface area contributed by atoms with Gasteiger partial charge in [-0.15, -0.1) is 0 Å². The summed E-state index contributed by atoms with van der Waals surface area (Å²) in [6.07, 6.45) is 1.21. The molecular formula is C13H23NO5. The van der Waals surface area contributed by atoms with Crippen molar-refractivity contribution in [3.05, 3.63) is 0 Å². The van der Waals surface area contributed by atoms with Gasteiger partial charge >= 0.3 is 5.97 Å². The Morgan fingerprint density at radius 1 is 1.26 bits per heavy atom. The van der Waals surface area contributed by atoms with E-state index in [0.29, 0.717) is 39.1 Å². The summed E-state index contributed by atoms with van der Waals surface area (Å²) in [5, 5.41) is 8.87. The first-order valence-electron chi connectivity index (χ1n) is 6.70. The standard InChI is InChI=1S/C13H23NO5/c1-10(2)19-8-7-18-9-12(15)14-5-3-11(4-6-14)13(16)17/h10-11H,3-9H2,1-2H3,(H,16,17). The Kier molecular flexibility index (Phi) is 6.80. The Balaban J connectivity index is 2.12. The van der Waals surface area contributed by atoms with Gasteiger partial charge in [0.2, 0.25) is 5.91 Å². The fourth-order valence-corrected chi connectivity index (χ4v) is 1.97. The number of hydrogen-bond acceptors (Lipinski definition) is 4. The van der Waals surface area contributed by atoms with E-state index in [1.807, 2.05) is 13.8 Å². The van der Waals surface area contributed by atoms with Crippen LogP contribution in [0.2, 0.25) is 0 Å². The zero-order valence-corrected chi connectivity index (χ0v) is 11.6. The highest BCUT2D eigenvalue weighted by molar-refractivity contribution is 5.78. The van der Waals surface area contributed by atoms with Gasteiger partial charge < -0.3 is 19.5 Å². The largest absolute Gasteiger partial charge is 0.481 e. The zero-order chi connectivity index (χ0) is 14.3. The summed E-state index contributed by atoms with van der Waals surface area (Å²) < 4.78 is 10.5. The summed E-state index contributed by atoms with van der Waals surface area (Å²) in [4.78, 5) is 24.2. The van der Waals surface area contributed by atoms with Crippen molar-refractivity contribution in [2.45, 2.75) is 32.8 Å². The van der Waals surface area contributed by atoms with Gasteiger partial charge in [-0.25, -0.2) is 0 Å². The average molecular weight is 273 g/mol. The maximum Gasteiger partial charge on any atom is 0.306 e. The van der Waals surface area contributed by atoms with E-state index in [2.05, 4.69) is 0 Å². The van der Waals surface area contributed by atoms with E-state index in [1.165, 1.54) is 0 Å². The van der Waals surface area contributed by atoms with Gasteiger partial charge in [0.1, 0.15) is 6.61 Å². The third-order valence-corrected chi connectivity index (χ3v) is 3.10. The molecule has 6 heteroatoms. The molecule has 0 saturated carbocycles. The molecule has 0 aromatic rings. The van der Waals surface area contributed by atoms with Crippen molar-refractivity contribution in [1.29, 1.82) is 0 Å². The highest BCUT2D eigenvalue weighted by Crippen LogP contribution is 2.17. The number of ether oxygens (including phenoxy) is 2. The number of carbonyl (C=O) groups excluding carboxylic acids is 1. The summed E-state index contributed by atoms with van der Waals surface area (Å²) in [7, 11) is 0. The number of likely N-dealkylation sites (tertiary alicyclic amines) is 1. The molecule has 0 aliphatic carbocycles. The SMILES string of the molecule is CC(C)OCCOCC(=O)N1CCC(C(=O)O)CC1. The van der Waals surface area contributed by atoms with Gasteiger partial charge in [0.15, 0.2) is 0 Å². The first-order chi connectivity index (χ1) is 9.00. The lowest BCUT2D eigenvalue weighted by Crippen LogP contribution is -2.42. The van der Waals surface area contributed by atoms with Gasteiger partial charge in [-0.1, -0.05) is 0 Å². The molecule has 0 bridgehead atoms. The monoisotopic (exact) mass is 273 g/mol. The Bertz CT molecular complexity index is 297. The van der Waals surface area contributed by atoms with Gasteiger partial charge in [-0.05, 0) is 26.7 Å². The third-order valence-electron chi connectivity index (χ3n) is 3.10. The van der Waals surface area contributed by atoms with E-state index in [-0.39, 0.29) is 24.5 Å². The first-order valence-corrected chi connectivity index (χ1v) is 6.70. The molecule has 0 radical (unpaired) electrons. The van der Waals surface area contributed by atoms with Crippen LogP contribution in [-0.4, -0.2) is 60.9 Å². The lowest BCUT2D eigenvalue weighted by molar-refractivity contribution is -0.147.